The number of thiophene rings is 1. The van der Waals surface area contributed by atoms with E-state index >= 15 is 0 Å². The predicted octanol–water partition coefficient (Wildman–Crippen LogP) is 3.90. The maximum Gasteiger partial charge on any atom is 0.224 e. The molecule has 3 heterocycles. The molecule has 1 saturated carbocycles. The van der Waals surface area contributed by atoms with Crippen molar-refractivity contribution in [3.8, 4) is 0 Å². The van der Waals surface area contributed by atoms with Gasteiger partial charge in [-0.25, -0.2) is 0 Å². The summed E-state index contributed by atoms with van der Waals surface area (Å²) in [5, 5.41) is 3.24. The molecule has 4 heteroatoms. The molecule has 1 aromatic heterocycles. The summed E-state index contributed by atoms with van der Waals surface area (Å²) in [7, 11) is 0. The fourth-order valence-corrected chi connectivity index (χ4v) is 5.80. The van der Waals surface area contributed by atoms with Crippen LogP contribution in [0.4, 0.5) is 0 Å². The average Bonchev–Trinajstić information content (AvgIpc) is 2.87. The Morgan fingerprint density at radius 3 is 2.70 bits per heavy atom. The number of fused-ring (bicyclic) bond motifs is 3. The molecule has 1 amide bonds. The molecule has 2 bridgehead atoms. The molecule has 2 aliphatic heterocycles. The Morgan fingerprint density at radius 2 is 1.83 bits per heavy atom. The Balaban J connectivity index is 1.41. The van der Waals surface area contributed by atoms with Crippen molar-refractivity contribution in [3.05, 3.63) is 21.9 Å². The van der Waals surface area contributed by atoms with Crippen LogP contribution in [0, 0.1) is 5.92 Å². The van der Waals surface area contributed by atoms with E-state index in [1.54, 1.807) is 4.88 Å². The van der Waals surface area contributed by atoms with Crippen molar-refractivity contribution in [1.29, 1.82) is 0 Å². The van der Waals surface area contributed by atoms with Gasteiger partial charge < -0.3 is 5.32 Å². The van der Waals surface area contributed by atoms with Gasteiger partial charge in [-0.2, -0.15) is 0 Å². The number of rotatable bonds is 3. The smallest absolute Gasteiger partial charge is 0.224 e. The van der Waals surface area contributed by atoms with E-state index in [-0.39, 0.29) is 5.92 Å². The minimum Gasteiger partial charge on any atom is -0.352 e. The van der Waals surface area contributed by atoms with Gasteiger partial charge in [-0.05, 0) is 43.7 Å². The zero-order valence-corrected chi connectivity index (χ0v) is 14.7. The van der Waals surface area contributed by atoms with Crippen molar-refractivity contribution < 1.29 is 4.79 Å². The third-order valence-corrected chi connectivity index (χ3v) is 7.08. The summed E-state index contributed by atoms with van der Waals surface area (Å²) in [4.78, 5) is 17.8. The van der Waals surface area contributed by atoms with E-state index in [4.69, 9.17) is 0 Å². The van der Waals surface area contributed by atoms with Gasteiger partial charge in [0, 0.05) is 35.4 Å². The summed E-state index contributed by atoms with van der Waals surface area (Å²) < 4.78 is 0. The van der Waals surface area contributed by atoms with Gasteiger partial charge >= 0.3 is 0 Å². The first-order valence-corrected chi connectivity index (χ1v) is 10.2. The lowest BCUT2D eigenvalue weighted by atomic mass is 9.88. The second-order valence-electron chi connectivity index (χ2n) is 7.67. The first-order chi connectivity index (χ1) is 11.3. The van der Waals surface area contributed by atoms with Crippen LogP contribution in [0.25, 0.3) is 0 Å². The van der Waals surface area contributed by atoms with Crippen molar-refractivity contribution in [2.24, 2.45) is 5.92 Å². The number of nitrogens with one attached hydrogen (secondary N) is 1. The molecule has 2 unspecified atom stereocenters. The second kappa shape index (κ2) is 6.94. The lowest BCUT2D eigenvalue weighted by molar-refractivity contribution is -0.124. The van der Waals surface area contributed by atoms with Gasteiger partial charge in [0.2, 0.25) is 5.91 Å². The van der Waals surface area contributed by atoms with E-state index in [1.807, 2.05) is 11.3 Å². The Kier molecular flexibility index (Phi) is 4.72. The standard InChI is InChI=1S/C19H28N2OS/c22-19-15-7-4-8-16(20-19)12-21(11-15)13-17-9-10-18(23-17)14-5-2-1-3-6-14/h9-10,14-16H,1-8,11-13H2,(H,20,22). The number of nitrogens with zero attached hydrogens (tertiary/aromatic N) is 1. The van der Waals surface area contributed by atoms with Gasteiger partial charge in [0.25, 0.3) is 0 Å². The van der Waals surface area contributed by atoms with Crippen molar-refractivity contribution in [2.45, 2.75) is 69.9 Å². The van der Waals surface area contributed by atoms with Crippen LogP contribution in [0.1, 0.15) is 67.0 Å². The van der Waals surface area contributed by atoms with Gasteiger partial charge in [-0.1, -0.05) is 25.7 Å². The molecule has 1 aromatic rings. The molecule has 2 atom stereocenters. The highest BCUT2D eigenvalue weighted by molar-refractivity contribution is 7.12. The monoisotopic (exact) mass is 332 g/mol. The normalized spacial score (nSPS) is 30.0. The molecule has 1 aliphatic carbocycles. The van der Waals surface area contributed by atoms with E-state index in [0.29, 0.717) is 11.9 Å². The van der Waals surface area contributed by atoms with Gasteiger partial charge in [0.15, 0.2) is 0 Å². The predicted molar refractivity (Wildman–Crippen MR) is 94.7 cm³/mol. The number of hydrogen-bond donors (Lipinski definition) is 1. The summed E-state index contributed by atoms with van der Waals surface area (Å²) >= 11 is 2.02. The third-order valence-electron chi connectivity index (χ3n) is 5.85. The summed E-state index contributed by atoms with van der Waals surface area (Å²) in [6, 6.07) is 5.08. The Bertz CT molecular complexity index is 549. The molecule has 3 nitrogen and oxygen atoms in total. The van der Waals surface area contributed by atoms with Crippen molar-refractivity contribution in [3.63, 3.8) is 0 Å². The van der Waals surface area contributed by atoms with Crippen LogP contribution in [0.2, 0.25) is 0 Å². The summed E-state index contributed by atoms with van der Waals surface area (Å²) in [5.41, 5.74) is 0. The zero-order valence-electron chi connectivity index (χ0n) is 13.9. The minimum absolute atomic E-state index is 0.209. The van der Waals surface area contributed by atoms with Crippen LogP contribution < -0.4 is 5.32 Å². The average molecular weight is 333 g/mol. The number of likely N-dealkylation sites (tertiary alicyclic amines) is 1. The summed E-state index contributed by atoms with van der Waals surface area (Å²) in [6.45, 7) is 3.00. The molecule has 0 aromatic carbocycles. The van der Waals surface area contributed by atoms with Crippen LogP contribution in [0.5, 0.6) is 0 Å². The topological polar surface area (TPSA) is 32.3 Å². The quantitative estimate of drug-likeness (QED) is 0.910. The van der Waals surface area contributed by atoms with E-state index in [9.17, 15) is 4.79 Å². The molecule has 23 heavy (non-hydrogen) atoms. The number of hydrogen-bond acceptors (Lipinski definition) is 3. The van der Waals surface area contributed by atoms with E-state index < -0.39 is 0 Å². The number of amides is 1. The Morgan fingerprint density at radius 1 is 1.00 bits per heavy atom. The van der Waals surface area contributed by atoms with Crippen LogP contribution >= 0.6 is 11.3 Å². The van der Waals surface area contributed by atoms with Crippen molar-refractivity contribution in [2.75, 3.05) is 13.1 Å². The first-order valence-electron chi connectivity index (χ1n) is 9.39. The largest absolute Gasteiger partial charge is 0.352 e. The SMILES string of the molecule is O=C1NC2CCCC1CN(Cc1ccc(C3CCCCC3)s1)C2. The molecule has 0 radical (unpaired) electrons. The molecule has 4 rings (SSSR count). The lowest BCUT2D eigenvalue weighted by Gasteiger charge is -2.26. The van der Waals surface area contributed by atoms with Gasteiger partial charge in [-0.15, -0.1) is 11.3 Å². The Hall–Kier alpha value is -0.870. The lowest BCUT2D eigenvalue weighted by Crippen LogP contribution is -2.38. The van der Waals surface area contributed by atoms with E-state index in [0.717, 1.165) is 38.4 Å². The molecular formula is C19H28N2OS. The van der Waals surface area contributed by atoms with Gasteiger partial charge in [0.05, 0.1) is 5.92 Å². The highest BCUT2D eigenvalue weighted by atomic mass is 32.1. The summed E-state index contributed by atoms with van der Waals surface area (Å²) in [6.07, 6.45) is 10.4. The minimum atomic E-state index is 0.209. The Labute approximate surface area is 143 Å². The third kappa shape index (κ3) is 3.63. The first kappa shape index (κ1) is 15.6. The number of carbonyl (C=O) groups is 1. The van der Waals surface area contributed by atoms with Gasteiger partial charge in [-0.3, -0.25) is 9.69 Å². The van der Waals surface area contributed by atoms with Crippen LogP contribution in [-0.4, -0.2) is 29.9 Å². The zero-order chi connectivity index (χ0) is 15.6. The molecule has 3 fully saturated rings. The van der Waals surface area contributed by atoms with E-state index in [2.05, 4.69) is 22.3 Å². The fraction of sp³-hybridized carbons (Fsp3) is 0.737. The van der Waals surface area contributed by atoms with Gasteiger partial charge in [0.1, 0.15) is 0 Å². The second-order valence-corrected chi connectivity index (χ2v) is 8.87. The molecule has 126 valence electrons. The maximum atomic E-state index is 12.2. The van der Waals surface area contributed by atoms with E-state index in [1.165, 1.54) is 43.4 Å². The van der Waals surface area contributed by atoms with Crippen molar-refractivity contribution >= 4 is 17.2 Å². The highest BCUT2D eigenvalue weighted by Gasteiger charge is 2.32. The maximum absolute atomic E-state index is 12.2. The number of carbonyl (C=O) groups excluding carboxylic acids is 1. The molecule has 1 N–H and O–H groups in total. The molecule has 3 aliphatic rings. The van der Waals surface area contributed by atoms with Crippen LogP contribution in [0.15, 0.2) is 12.1 Å². The van der Waals surface area contributed by atoms with Crippen LogP contribution in [0.3, 0.4) is 0 Å². The fourth-order valence-electron chi connectivity index (χ4n) is 4.58. The van der Waals surface area contributed by atoms with Crippen molar-refractivity contribution in [1.82, 2.24) is 10.2 Å². The highest BCUT2D eigenvalue weighted by Crippen LogP contribution is 2.36. The molecule has 2 saturated heterocycles. The summed E-state index contributed by atoms with van der Waals surface area (Å²) in [5.74, 6) is 1.32. The molecular weight excluding hydrogens is 304 g/mol. The molecule has 0 spiro atoms. The van der Waals surface area contributed by atoms with Crippen LogP contribution in [-0.2, 0) is 11.3 Å².